The Morgan fingerprint density at radius 3 is 1.94 bits per heavy atom. The normalized spacial score (nSPS) is 11.7. The van der Waals surface area contributed by atoms with E-state index in [0.29, 0.717) is 30.3 Å². The minimum absolute atomic E-state index is 0. The third-order valence-corrected chi connectivity index (χ3v) is 5.63. The van der Waals surface area contributed by atoms with Crippen molar-refractivity contribution in [3.63, 3.8) is 0 Å². The van der Waals surface area contributed by atoms with Crippen molar-refractivity contribution >= 4 is 5.78 Å². The Balaban J connectivity index is 0.00000385. The van der Waals surface area contributed by atoms with Gasteiger partial charge in [-0.1, -0.05) is 60.7 Å². The molecule has 0 radical (unpaired) electrons. The van der Waals surface area contributed by atoms with E-state index in [4.69, 9.17) is 14.5 Å². The maximum Gasteiger partial charge on any atom is 0.315 e. The summed E-state index contributed by atoms with van der Waals surface area (Å²) >= 11 is 0. The van der Waals surface area contributed by atoms with Gasteiger partial charge in [-0.05, 0) is 13.8 Å². The lowest BCUT2D eigenvalue weighted by Gasteiger charge is -2.43. The average Bonchev–Trinajstić information content (AvgIpc) is 2.80. The number of hydrogen-bond donors (Lipinski definition) is 0. The van der Waals surface area contributed by atoms with Crippen LogP contribution < -0.4 is 17.0 Å². The fourth-order valence-electron chi connectivity index (χ4n) is 3.64. The highest BCUT2D eigenvalue weighted by molar-refractivity contribution is 6.02. The van der Waals surface area contributed by atoms with Gasteiger partial charge in [0.15, 0.2) is 5.82 Å². The van der Waals surface area contributed by atoms with E-state index in [-0.39, 0.29) is 33.8 Å². The molecule has 1 aromatic heterocycles. The van der Waals surface area contributed by atoms with E-state index in [1.165, 1.54) is 0 Å². The zero-order valence-corrected chi connectivity index (χ0v) is 21.5. The molecule has 0 spiro atoms. The van der Waals surface area contributed by atoms with Crippen molar-refractivity contribution in [1.29, 1.82) is 0 Å². The molecule has 0 bridgehead atoms. The van der Waals surface area contributed by atoms with Gasteiger partial charge in [-0.25, -0.2) is 9.97 Å². The molecule has 176 valence electrons. The lowest BCUT2D eigenvalue weighted by atomic mass is 10.0. The minimum atomic E-state index is -0.948. The van der Waals surface area contributed by atoms with Crippen LogP contribution in [0.3, 0.4) is 0 Å². The van der Waals surface area contributed by atoms with Gasteiger partial charge in [-0.2, -0.15) is 0 Å². The summed E-state index contributed by atoms with van der Waals surface area (Å²) in [5.74, 6) is -0.431. The largest absolute Gasteiger partial charge is 1.00 e. The van der Waals surface area contributed by atoms with Crippen molar-refractivity contribution in [1.82, 2.24) is 9.97 Å². The van der Waals surface area contributed by atoms with Crippen molar-refractivity contribution < 1.29 is 35.7 Å². The van der Waals surface area contributed by atoms with Crippen molar-refractivity contribution in [2.24, 2.45) is 0 Å². The summed E-state index contributed by atoms with van der Waals surface area (Å²) < 4.78 is 12.1. The van der Waals surface area contributed by atoms with Gasteiger partial charge in [0.25, 0.3) is 0 Å². The highest BCUT2D eigenvalue weighted by Gasteiger charge is 2.45. The molecular weight excluding hydrogens is 482 g/mol. The Hall–Kier alpha value is -2.45. The van der Waals surface area contributed by atoms with Crippen molar-refractivity contribution in [2.75, 3.05) is 33.9 Å². The number of ketones is 1. The molecule has 6 nitrogen and oxygen atoms in total. The Kier molecular flexibility index (Phi) is 9.43. The van der Waals surface area contributed by atoms with Crippen LogP contribution in [-0.2, 0) is 9.47 Å². The van der Waals surface area contributed by atoms with E-state index < -0.39 is 5.91 Å². The molecule has 3 aromatic rings. The number of carbonyl (C=O) groups is 1. The van der Waals surface area contributed by atoms with Crippen LogP contribution in [0.4, 0.5) is 0 Å². The topological polar surface area (TPSA) is 61.3 Å². The second-order valence-electron chi connectivity index (χ2n) is 8.22. The molecule has 0 saturated heterocycles. The van der Waals surface area contributed by atoms with Crippen molar-refractivity contribution in [3.05, 3.63) is 72.4 Å². The molecule has 0 saturated carbocycles. The third kappa shape index (κ3) is 6.12. The Bertz CT molecular complexity index is 1040. The first-order chi connectivity index (χ1) is 15.3. The molecule has 0 atom stereocenters. The predicted octanol–water partition coefficient (Wildman–Crippen LogP) is 1.82. The molecule has 0 amide bonds. The number of quaternary nitrogens is 1. The van der Waals surface area contributed by atoms with E-state index >= 15 is 0 Å². The standard InChI is InChI=1S/C26H32N3O3.BrH/c1-6-31-26(3,32-7-2)29(4,5)19-23(30)22-18-27-25(21-16-12-9-13-17-21)28-24(22)20-14-10-8-11-15-20;/h8-18H,6-7,19H2,1-5H3;1H/q+1;/p-1. The zero-order valence-electron chi connectivity index (χ0n) is 19.9. The fourth-order valence-corrected chi connectivity index (χ4v) is 3.64. The molecule has 33 heavy (non-hydrogen) atoms. The first kappa shape index (κ1) is 26.8. The third-order valence-electron chi connectivity index (χ3n) is 5.63. The summed E-state index contributed by atoms with van der Waals surface area (Å²) in [6.07, 6.45) is 1.64. The first-order valence-corrected chi connectivity index (χ1v) is 10.9. The summed E-state index contributed by atoms with van der Waals surface area (Å²) in [6, 6.07) is 19.5. The maximum absolute atomic E-state index is 13.6. The zero-order chi connectivity index (χ0) is 23.2. The molecule has 0 fully saturated rings. The van der Waals surface area contributed by atoms with Gasteiger partial charge >= 0.3 is 5.91 Å². The van der Waals surface area contributed by atoms with E-state index in [1.807, 2.05) is 95.5 Å². The van der Waals surface area contributed by atoms with Crippen LogP contribution in [0.15, 0.2) is 66.9 Å². The summed E-state index contributed by atoms with van der Waals surface area (Å²) in [4.78, 5) is 22.9. The molecule has 1 heterocycles. The number of rotatable bonds is 10. The van der Waals surface area contributed by atoms with Crippen LogP contribution in [0.2, 0.25) is 0 Å². The van der Waals surface area contributed by atoms with Crippen LogP contribution in [0.25, 0.3) is 22.6 Å². The molecule has 2 aromatic carbocycles. The molecule has 0 aliphatic heterocycles. The number of benzene rings is 2. The quantitative estimate of drug-likeness (QED) is 0.235. The summed E-state index contributed by atoms with van der Waals surface area (Å²) in [7, 11) is 3.87. The van der Waals surface area contributed by atoms with Gasteiger partial charge in [0, 0.05) is 24.2 Å². The Labute approximate surface area is 207 Å². The van der Waals surface area contributed by atoms with E-state index in [9.17, 15) is 4.79 Å². The second-order valence-corrected chi connectivity index (χ2v) is 8.22. The Morgan fingerprint density at radius 1 is 0.909 bits per heavy atom. The number of halogens is 1. The molecule has 7 heteroatoms. The number of nitrogens with zero attached hydrogens (tertiary/aromatic N) is 3. The minimum Gasteiger partial charge on any atom is -1.00 e. The fraction of sp³-hybridized carbons (Fsp3) is 0.346. The molecule has 3 rings (SSSR count). The molecule has 0 N–H and O–H groups in total. The van der Waals surface area contributed by atoms with Crippen LogP contribution in [0.5, 0.6) is 0 Å². The highest BCUT2D eigenvalue weighted by atomic mass is 79.9. The number of Topliss-reactive ketones (excluding diaryl/α,β-unsaturated/α-hetero) is 1. The van der Waals surface area contributed by atoms with Gasteiger partial charge in [-0.15, -0.1) is 0 Å². The molecule has 0 aliphatic carbocycles. The molecule has 0 aliphatic rings. The van der Waals surface area contributed by atoms with Gasteiger partial charge in [0.05, 0.1) is 38.6 Å². The number of likely N-dealkylation sites (N-methyl/N-ethyl adjacent to an activating group) is 1. The van der Waals surface area contributed by atoms with Crippen LogP contribution in [0.1, 0.15) is 31.1 Å². The van der Waals surface area contributed by atoms with Crippen LogP contribution >= 0.6 is 0 Å². The smallest absolute Gasteiger partial charge is 0.315 e. The number of hydrogen-bond acceptors (Lipinski definition) is 5. The van der Waals surface area contributed by atoms with Crippen molar-refractivity contribution in [2.45, 2.75) is 26.7 Å². The number of aromatic nitrogens is 2. The van der Waals surface area contributed by atoms with Crippen LogP contribution in [0, 0.1) is 0 Å². The summed E-state index contributed by atoms with van der Waals surface area (Å²) in [5.41, 5.74) is 2.88. The lowest BCUT2D eigenvalue weighted by Crippen LogP contribution is -3.00. The maximum atomic E-state index is 13.6. The van der Waals surface area contributed by atoms with Gasteiger partial charge in [0.1, 0.15) is 6.54 Å². The van der Waals surface area contributed by atoms with Crippen molar-refractivity contribution in [3.8, 4) is 22.6 Å². The number of ether oxygens (including phenoxy) is 2. The summed E-state index contributed by atoms with van der Waals surface area (Å²) in [5, 5.41) is 0. The van der Waals surface area contributed by atoms with E-state index in [2.05, 4.69) is 4.98 Å². The first-order valence-electron chi connectivity index (χ1n) is 10.9. The van der Waals surface area contributed by atoms with Gasteiger partial charge in [-0.3, -0.25) is 9.28 Å². The Morgan fingerprint density at radius 2 is 1.42 bits per heavy atom. The SMILES string of the molecule is CCOC(C)(OCC)[N+](C)(C)CC(=O)c1cnc(-c2ccccc2)nc1-c1ccccc1.[Br-]. The van der Waals surface area contributed by atoms with E-state index in [1.54, 1.807) is 6.20 Å². The van der Waals surface area contributed by atoms with Crippen LogP contribution in [-0.4, -0.2) is 60.0 Å². The lowest BCUT2D eigenvalue weighted by molar-refractivity contribution is -0.987. The second kappa shape index (κ2) is 11.6. The highest BCUT2D eigenvalue weighted by Crippen LogP contribution is 2.28. The number of carbonyl (C=O) groups excluding carboxylic acids is 1. The average molecular weight is 514 g/mol. The molecular formula is C26H32BrN3O3. The monoisotopic (exact) mass is 513 g/mol. The van der Waals surface area contributed by atoms with E-state index in [0.717, 1.165) is 11.1 Å². The van der Waals surface area contributed by atoms with Gasteiger partial charge < -0.3 is 26.5 Å². The van der Waals surface area contributed by atoms with Gasteiger partial charge in [0.2, 0.25) is 5.78 Å². The summed E-state index contributed by atoms with van der Waals surface area (Å²) in [6.45, 7) is 6.85. The predicted molar refractivity (Wildman–Crippen MR) is 126 cm³/mol. The molecule has 0 unspecified atom stereocenters.